The molecule has 0 radical (unpaired) electrons. The lowest BCUT2D eigenvalue weighted by molar-refractivity contribution is -0.145. The molecule has 14 nitrogen and oxygen atoms in total. The average molecular weight is 561 g/mol. The zero-order valence-electron chi connectivity index (χ0n) is 21.6. The molecule has 0 saturated carbocycles. The summed E-state index contributed by atoms with van der Waals surface area (Å²) in [5, 5.41) is 0. The molecule has 5 atom stereocenters. The van der Waals surface area contributed by atoms with Crippen molar-refractivity contribution in [2.45, 2.75) is 44.8 Å². The van der Waals surface area contributed by atoms with Gasteiger partial charge in [-0.3, -0.25) is 13.7 Å². The number of fused-ring (bicyclic) bond motifs is 2. The minimum atomic E-state index is -3.02. The molecule has 2 aliphatic heterocycles. The van der Waals surface area contributed by atoms with Crippen LogP contribution in [0, 0.1) is 0 Å². The molecule has 2 aliphatic rings. The summed E-state index contributed by atoms with van der Waals surface area (Å²) in [5.41, 5.74) is 6.52. The van der Waals surface area contributed by atoms with E-state index in [9.17, 15) is 9.36 Å². The number of ether oxygens (including phenoxy) is 3. The van der Waals surface area contributed by atoms with Gasteiger partial charge in [-0.25, -0.2) is 9.78 Å². The Morgan fingerprint density at radius 1 is 1.21 bits per heavy atom. The van der Waals surface area contributed by atoms with E-state index in [1.807, 2.05) is 44.2 Å². The lowest BCUT2D eigenvalue weighted by Gasteiger charge is -2.29. The van der Waals surface area contributed by atoms with Crippen LogP contribution in [0.5, 0.6) is 5.88 Å². The molecule has 0 amide bonds. The van der Waals surface area contributed by atoms with E-state index in [0.717, 1.165) is 5.46 Å². The van der Waals surface area contributed by atoms with Gasteiger partial charge in [-0.05, 0) is 26.2 Å². The van der Waals surface area contributed by atoms with Crippen LogP contribution in [0.25, 0.3) is 11.2 Å². The number of esters is 1. The normalized spacial score (nSPS) is 25.1. The van der Waals surface area contributed by atoms with Gasteiger partial charge in [0.05, 0.1) is 26.1 Å². The fraction of sp³-hybridized carbons (Fsp3) is 0.478. The van der Waals surface area contributed by atoms with Gasteiger partial charge in [0, 0.05) is 0 Å². The van der Waals surface area contributed by atoms with Gasteiger partial charge in [-0.1, -0.05) is 30.3 Å². The second kappa shape index (κ2) is 11.6. The van der Waals surface area contributed by atoms with Gasteiger partial charge < -0.3 is 33.8 Å². The molecule has 2 unspecified atom stereocenters. The minimum absolute atomic E-state index is 0.00961. The Morgan fingerprint density at radius 3 is 2.74 bits per heavy atom. The number of hydrogen-bond acceptors (Lipinski definition) is 13. The van der Waals surface area contributed by atoms with Crippen LogP contribution in [-0.4, -0.2) is 76.8 Å². The van der Waals surface area contributed by atoms with E-state index in [-0.39, 0.29) is 25.0 Å². The van der Waals surface area contributed by atoms with Crippen molar-refractivity contribution in [2.75, 3.05) is 32.2 Å². The maximum Gasteiger partial charge on any atom is 0.494 e. The standard InChI is InChI=1S/C23H29BN5O9P/c1-4-32-16(30)12-35-39(31)34-11-15-18-23(3,38-24(37-18)14-9-7-6-8-10-14)21(36-15)29-13-26-17-19(29)27-22(25)28-20(17)33-5-2/h6-10,13,15,18,21,39H,4-5,11-12H2,1-3H3,(H2,25,27,28)/t15-,18-,21?,23-/m1/s1. The summed E-state index contributed by atoms with van der Waals surface area (Å²) in [6.45, 7) is 5.25. The molecule has 4 heterocycles. The molecule has 39 heavy (non-hydrogen) atoms. The lowest BCUT2D eigenvalue weighted by atomic mass is 9.79. The summed E-state index contributed by atoms with van der Waals surface area (Å²) >= 11 is 0. The number of nitrogens with zero attached hydrogens (tertiary/aromatic N) is 4. The molecule has 2 N–H and O–H groups in total. The Bertz CT molecular complexity index is 1350. The fourth-order valence-electron chi connectivity index (χ4n) is 4.67. The Hall–Kier alpha value is -3.07. The van der Waals surface area contributed by atoms with Crippen LogP contribution in [-0.2, 0) is 37.2 Å². The van der Waals surface area contributed by atoms with Crippen molar-refractivity contribution in [1.29, 1.82) is 0 Å². The van der Waals surface area contributed by atoms with E-state index in [1.165, 1.54) is 0 Å². The second-order valence-corrected chi connectivity index (χ2v) is 10.0. The summed E-state index contributed by atoms with van der Waals surface area (Å²) < 4.78 is 54.0. The van der Waals surface area contributed by atoms with Gasteiger partial charge in [0.25, 0.3) is 0 Å². The number of imidazole rings is 1. The van der Waals surface area contributed by atoms with Gasteiger partial charge in [-0.2, -0.15) is 9.97 Å². The average Bonchev–Trinajstić information content (AvgIpc) is 3.57. The number of hydrogen-bond donors (Lipinski definition) is 1. The molecule has 2 saturated heterocycles. The number of nitrogen functional groups attached to an aromatic ring is 1. The van der Waals surface area contributed by atoms with Crippen LogP contribution >= 0.6 is 8.25 Å². The molecular formula is C23H29BN5O9P. The highest BCUT2D eigenvalue weighted by molar-refractivity contribution is 7.33. The minimum Gasteiger partial charge on any atom is -0.476 e. The summed E-state index contributed by atoms with van der Waals surface area (Å²) in [7, 11) is -3.72. The van der Waals surface area contributed by atoms with Gasteiger partial charge in [0.15, 0.2) is 24.0 Å². The van der Waals surface area contributed by atoms with Crippen molar-refractivity contribution in [1.82, 2.24) is 19.5 Å². The first-order chi connectivity index (χ1) is 18.8. The molecule has 208 valence electrons. The zero-order valence-corrected chi connectivity index (χ0v) is 22.6. The van der Waals surface area contributed by atoms with E-state index < -0.39 is 52.0 Å². The Morgan fingerprint density at radius 2 is 2.00 bits per heavy atom. The van der Waals surface area contributed by atoms with Crippen LogP contribution in [0.4, 0.5) is 5.95 Å². The first-order valence-corrected chi connectivity index (χ1v) is 13.7. The molecule has 0 bridgehead atoms. The number of benzene rings is 1. The Kier molecular flexibility index (Phi) is 8.17. The van der Waals surface area contributed by atoms with Crippen LogP contribution < -0.4 is 15.9 Å². The molecule has 16 heteroatoms. The first-order valence-electron chi connectivity index (χ1n) is 12.5. The highest BCUT2D eigenvalue weighted by Crippen LogP contribution is 2.48. The van der Waals surface area contributed by atoms with E-state index >= 15 is 0 Å². The lowest BCUT2D eigenvalue weighted by Crippen LogP contribution is -2.42. The summed E-state index contributed by atoms with van der Waals surface area (Å²) in [6.07, 6.45) is -0.615. The SMILES string of the molecule is CCOC(=O)CO[PH](=O)OC[C@H]1OC(n2cnc3c(OCC)nc(N)nc32)[C@]2(C)OB(c3ccccc3)O[C@H]12. The van der Waals surface area contributed by atoms with E-state index in [1.54, 1.807) is 17.8 Å². The van der Waals surface area contributed by atoms with Gasteiger partial charge in [0.2, 0.25) is 11.8 Å². The van der Waals surface area contributed by atoms with E-state index in [4.69, 9.17) is 38.3 Å². The van der Waals surface area contributed by atoms with Crippen molar-refractivity contribution in [3.63, 3.8) is 0 Å². The first kappa shape index (κ1) is 27.5. The van der Waals surface area contributed by atoms with Gasteiger partial charge >= 0.3 is 21.3 Å². The largest absolute Gasteiger partial charge is 0.494 e. The Balaban J connectivity index is 1.42. The van der Waals surface area contributed by atoms with Crippen molar-refractivity contribution in [3.05, 3.63) is 36.7 Å². The number of carbonyl (C=O) groups is 1. The number of carbonyl (C=O) groups excluding carboxylic acids is 1. The van der Waals surface area contributed by atoms with Crippen LogP contribution in [0.2, 0.25) is 0 Å². The molecule has 5 rings (SSSR count). The van der Waals surface area contributed by atoms with Crippen molar-refractivity contribution in [3.8, 4) is 5.88 Å². The number of anilines is 1. The maximum absolute atomic E-state index is 12.3. The molecule has 2 fully saturated rings. The quantitative estimate of drug-likeness (QED) is 0.202. The third kappa shape index (κ3) is 5.51. The summed E-state index contributed by atoms with van der Waals surface area (Å²) in [6, 6.07) is 9.47. The van der Waals surface area contributed by atoms with Crippen LogP contribution in [0.15, 0.2) is 36.7 Å². The Labute approximate surface area is 225 Å². The second-order valence-electron chi connectivity index (χ2n) is 8.93. The molecular weight excluding hydrogens is 532 g/mol. The number of aromatic nitrogens is 4. The van der Waals surface area contributed by atoms with Gasteiger partial charge in [0.1, 0.15) is 17.8 Å². The molecule has 3 aromatic rings. The molecule has 1 aromatic carbocycles. The highest BCUT2D eigenvalue weighted by atomic mass is 31.1. The molecule has 0 spiro atoms. The molecule has 0 aliphatic carbocycles. The van der Waals surface area contributed by atoms with Crippen LogP contribution in [0.3, 0.4) is 0 Å². The fourth-order valence-corrected chi connectivity index (χ4v) is 5.29. The molecule has 2 aromatic heterocycles. The number of nitrogens with two attached hydrogens (primary N) is 1. The predicted octanol–water partition coefficient (Wildman–Crippen LogP) is 1.26. The monoisotopic (exact) mass is 561 g/mol. The third-order valence-corrected chi connectivity index (χ3v) is 7.10. The van der Waals surface area contributed by atoms with Crippen molar-refractivity contribution in [2.24, 2.45) is 0 Å². The van der Waals surface area contributed by atoms with Crippen molar-refractivity contribution >= 4 is 43.9 Å². The van der Waals surface area contributed by atoms with Crippen LogP contribution in [0.1, 0.15) is 27.0 Å². The third-order valence-electron chi connectivity index (χ3n) is 6.32. The predicted molar refractivity (Wildman–Crippen MR) is 139 cm³/mol. The number of rotatable bonds is 11. The van der Waals surface area contributed by atoms with Crippen molar-refractivity contribution < 1.29 is 41.9 Å². The highest BCUT2D eigenvalue weighted by Gasteiger charge is 2.63. The summed E-state index contributed by atoms with van der Waals surface area (Å²) in [4.78, 5) is 24.5. The summed E-state index contributed by atoms with van der Waals surface area (Å²) in [5.74, 6) is -0.376. The van der Waals surface area contributed by atoms with E-state index in [0.29, 0.717) is 17.8 Å². The smallest absolute Gasteiger partial charge is 0.476 e. The van der Waals surface area contributed by atoms with E-state index in [2.05, 4.69) is 15.0 Å². The topological polar surface area (TPSA) is 168 Å². The zero-order chi connectivity index (χ0) is 27.6. The van der Waals surface area contributed by atoms with Gasteiger partial charge in [-0.15, -0.1) is 0 Å². The maximum atomic E-state index is 12.3.